The molecule has 1 aromatic carbocycles. The molecular weight excluding hydrogens is 314 g/mol. The Morgan fingerprint density at radius 2 is 2.00 bits per heavy atom. The van der Waals surface area contributed by atoms with Gasteiger partial charge in [0.2, 0.25) is 0 Å². The summed E-state index contributed by atoms with van der Waals surface area (Å²) in [6.07, 6.45) is 0.851. The fraction of sp³-hybridized carbons (Fsp3) is 0.167. The average Bonchev–Trinajstić information content (AvgIpc) is 2.94. The van der Waals surface area contributed by atoms with Crippen molar-refractivity contribution in [3.63, 3.8) is 0 Å². The van der Waals surface area contributed by atoms with Crippen LogP contribution in [0.3, 0.4) is 0 Å². The highest BCUT2D eigenvalue weighted by molar-refractivity contribution is 6.30. The summed E-state index contributed by atoms with van der Waals surface area (Å²) in [5.74, 6) is -0.445. The largest absolute Gasteiger partial charge is 0.462 e. The van der Waals surface area contributed by atoms with Gasteiger partial charge in [0.15, 0.2) is 0 Å². The molecule has 0 spiro atoms. The molecule has 1 unspecified atom stereocenters. The summed E-state index contributed by atoms with van der Waals surface area (Å²) >= 11 is 5.90. The zero-order valence-electron chi connectivity index (χ0n) is 12.6. The third kappa shape index (κ3) is 2.96. The van der Waals surface area contributed by atoms with E-state index in [4.69, 9.17) is 16.3 Å². The van der Waals surface area contributed by atoms with Crippen LogP contribution >= 0.6 is 11.6 Å². The van der Waals surface area contributed by atoms with Gasteiger partial charge in [-0.1, -0.05) is 29.8 Å². The number of aromatic nitrogens is 1. The molecule has 2 heterocycles. The number of fused-ring (bicyclic) bond motifs is 1. The minimum absolute atomic E-state index is 0.279. The maximum Gasteiger partial charge on any atom is 0.340 e. The Morgan fingerprint density at radius 3 is 2.70 bits per heavy atom. The first-order valence-electron chi connectivity index (χ1n) is 7.32. The van der Waals surface area contributed by atoms with E-state index in [1.165, 1.54) is 0 Å². The zero-order valence-corrected chi connectivity index (χ0v) is 13.3. The first-order chi connectivity index (χ1) is 11.1. The Labute approximate surface area is 138 Å². The molecule has 2 aromatic heterocycles. The fourth-order valence-corrected chi connectivity index (χ4v) is 2.73. The van der Waals surface area contributed by atoms with Gasteiger partial charge in [-0.2, -0.15) is 0 Å². The molecule has 3 rings (SSSR count). The summed E-state index contributed by atoms with van der Waals surface area (Å²) < 4.78 is 6.92. The fourth-order valence-electron chi connectivity index (χ4n) is 2.60. The van der Waals surface area contributed by atoms with Gasteiger partial charge >= 0.3 is 5.97 Å². The predicted octanol–water partition coefficient (Wildman–Crippen LogP) is 3.85. The van der Waals surface area contributed by atoms with E-state index in [1.807, 2.05) is 24.4 Å². The number of carbonyl (C=O) groups excluding carboxylic acids is 1. The van der Waals surface area contributed by atoms with Crippen LogP contribution in [0.5, 0.6) is 0 Å². The number of aliphatic hydroxyl groups excluding tert-OH is 1. The monoisotopic (exact) mass is 329 g/mol. The van der Waals surface area contributed by atoms with Crippen LogP contribution in [0.4, 0.5) is 0 Å². The Bertz CT molecular complexity index is 839. The third-order valence-electron chi connectivity index (χ3n) is 3.66. The molecule has 1 atom stereocenters. The number of halogens is 1. The Morgan fingerprint density at radius 1 is 1.26 bits per heavy atom. The minimum Gasteiger partial charge on any atom is -0.462 e. The molecule has 1 N–H and O–H groups in total. The second-order valence-electron chi connectivity index (χ2n) is 5.11. The Hall–Kier alpha value is -2.30. The summed E-state index contributed by atoms with van der Waals surface area (Å²) in [6, 6.07) is 14.2. The van der Waals surface area contributed by atoms with Crippen molar-refractivity contribution in [3.8, 4) is 0 Å². The lowest BCUT2D eigenvalue weighted by Crippen LogP contribution is -2.12. The number of hydrogen-bond acceptors (Lipinski definition) is 3. The van der Waals surface area contributed by atoms with Crippen molar-refractivity contribution < 1.29 is 14.6 Å². The van der Waals surface area contributed by atoms with Crippen molar-refractivity contribution in [3.05, 3.63) is 76.6 Å². The number of carbonyl (C=O) groups is 1. The van der Waals surface area contributed by atoms with Crippen molar-refractivity contribution in [2.75, 3.05) is 6.61 Å². The maximum absolute atomic E-state index is 12.3. The Kier molecular flexibility index (Phi) is 4.37. The van der Waals surface area contributed by atoms with Crippen LogP contribution in [-0.4, -0.2) is 22.1 Å². The van der Waals surface area contributed by atoms with Crippen LogP contribution in [0.15, 0.2) is 54.7 Å². The second-order valence-corrected chi connectivity index (χ2v) is 5.55. The van der Waals surface area contributed by atoms with Crippen molar-refractivity contribution in [2.24, 2.45) is 0 Å². The number of pyridine rings is 1. The standard InChI is InChI=1S/C18H16ClNO3/c1-2-23-18(22)15-11-14-5-3-4-10-20(14)16(15)17(21)12-6-8-13(19)9-7-12/h3-11,17,21H,2H2,1H3. The number of benzene rings is 1. The van der Waals surface area contributed by atoms with Crippen LogP contribution < -0.4 is 0 Å². The van der Waals surface area contributed by atoms with E-state index in [0.717, 1.165) is 5.52 Å². The van der Waals surface area contributed by atoms with Crippen molar-refractivity contribution >= 4 is 23.1 Å². The first kappa shape index (κ1) is 15.6. The maximum atomic E-state index is 12.3. The quantitative estimate of drug-likeness (QED) is 0.740. The molecule has 0 aliphatic heterocycles. The van der Waals surface area contributed by atoms with Crippen molar-refractivity contribution in [1.82, 2.24) is 4.40 Å². The molecule has 0 radical (unpaired) electrons. The minimum atomic E-state index is -0.962. The van der Waals surface area contributed by atoms with Crippen LogP contribution in [-0.2, 0) is 4.74 Å². The summed E-state index contributed by atoms with van der Waals surface area (Å²) in [6.45, 7) is 2.03. The van der Waals surface area contributed by atoms with Gasteiger partial charge in [0.1, 0.15) is 6.10 Å². The predicted molar refractivity (Wildman–Crippen MR) is 88.9 cm³/mol. The summed E-state index contributed by atoms with van der Waals surface area (Å²) in [5, 5.41) is 11.4. The molecule has 0 aliphatic carbocycles. The van der Waals surface area contributed by atoms with Gasteiger partial charge in [-0.05, 0) is 42.8 Å². The molecule has 0 saturated carbocycles. The van der Waals surface area contributed by atoms with E-state index in [0.29, 0.717) is 21.8 Å². The molecule has 0 fully saturated rings. The molecule has 23 heavy (non-hydrogen) atoms. The molecule has 5 heteroatoms. The lowest BCUT2D eigenvalue weighted by molar-refractivity contribution is 0.0521. The SMILES string of the molecule is CCOC(=O)c1cc2ccccn2c1C(O)c1ccc(Cl)cc1. The highest BCUT2D eigenvalue weighted by atomic mass is 35.5. The molecule has 0 amide bonds. The zero-order chi connectivity index (χ0) is 16.4. The van der Waals surface area contributed by atoms with Crippen LogP contribution in [0.1, 0.15) is 34.6 Å². The van der Waals surface area contributed by atoms with E-state index in [2.05, 4.69) is 0 Å². The van der Waals surface area contributed by atoms with Gasteiger partial charge in [0, 0.05) is 16.7 Å². The highest BCUT2D eigenvalue weighted by Crippen LogP contribution is 2.29. The lowest BCUT2D eigenvalue weighted by Gasteiger charge is -2.14. The molecule has 0 bridgehead atoms. The lowest BCUT2D eigenvalue weighted by atomic mass is 10.0. The van der Waals surface area contributed by atoms with E-state index in [1.54, 1.807) is 41.7 Å². The smallest absolute Gasteiger partial charge is 0.340 e. The number of nitrogens with zero attached hydrogens (tertiary/aromatic N) is 1. The Balaban J connectivity index is 2.15. The average molecular weight is 330 g/mol. The van der Waals surface area contributed by atoms with Crippen LogP contribution in [0.25, 0.3) is 5.52 Å². The summed E-state index contributed by atoms with van der Waals surface area (Å²) in [4.78, 5) is 12.3. The van der Waals surface area contributed by atoms with E-state index < -0.39 is 12.1 Å². The van der Waals surface area contributed by atoms with Gasteiger partial charge in [-0.3, -0.25) is 0 Å². The molecule has 0 saturated heterocycles. The van der Waals surface area contributed by atoms with Gasteiger partial charge in [-0.15, -0.1) is 0 Å². The topological polar surface area (TPSA) is 50.9 Å². The van der Waals surface area contributed by atoms with Crippen molar-refractivity contribution in [2.45, 2.75) is 13.0 Å². The van der Waals surface area contributed by atoms with Crippen LogP contribution in [0.2, 0.25) is 5.02 Å². The molecule has 3 aromatic rings. The highest BCUT2D eigenvalue weighted by Gasteiger charge is 2.24. The van der Waals surface area contributed by atoms with Gasteiger partial charge in [0.25, 0.3) is 0 Å². The summed E-state index contributed by atoms with van der Waals surface area (Å²) in [7, 11) is 0. The first-order valence-corrected chi connectivity index (χ1v) is 7.70. The number of aliphatic hydroxyl groups is 1. The van der Waals surface area contributed by atoms with E-state index in [9.17, 15) is 9.90 Å². The number of esters is 1. The molecular formula is C18H16ClNO3. The number of hydrogen-bond donors (Lipinski definition) is 1. The molecule has 4 nitrogen and oxygen atoms in total. The van der Waals surface area contributed by atoms with Crippen LogP contribution in [0, 0.1) is 0 Å². The van der Waals surface area contributed by atoms with E-state index >= 15 is 0 Å². The number of ether oxygens (including phenoxy) is 1. The van der Waals surface area contributed by atoms with Gasteiger partial charge < -0.3 is 14.2 Å². The second kappa shape index (κ2) is 6.44. The normalized spacial score (nSPS) is 12.3. The van der Waals surface area contributed by atoms with Gasteiger partial charge in [-0.25, -0.2) is 4.79 Å². The van der Waals surface area contributed by atoms with Crippen molar-refractivity contribution in [1.29, 1.82) is 0 Å². The van der Waals surface area contributed by atoms with E-state index in [-0.39, 0.29) is 6.61 Å². The molecule has 118 valence electrons. The third-order valence-corrected chi connectivity index (χ3v) is 3.91. The van der Waals surface area contributed by atoms with Gasteiger partial charge in [0.05, 0.1) is 17.9 Å². The number of rotatable bonds is 4. The molecule has 0 aliphatic rings. The summed E-state index contributed by atoms with van der Waals surface area (Å²) in [5.41, 5.74) is 2.32.